The summed E-state index contributed by atoms with van der Waals surface area (Å²) in [7, 11) is 1.84. The molecule has 4 heterocycles. The van der Waals surface area contributed by atoms with Gasteiger partial charge in [0.25, 0.3) is 0 Å². The summed E-state index contributed by atoms with van der Waals surface area (Å²) in [6.45, 7) is 3.42. The number of fused-ring (bicyclic) bond motifs is 6. The summed E-state index contributed by atoms with van der Waals surface area (Å²) >= 11 is 0. The van der Waals surface area contributed by atoms with Crippen LogP contribution < -0.4 is 0 Å². The largest absolute Gasteiger partial charge is 0.381 e. The summed E-state index contributed by atoms with van der Waals surface area (Å²) in [6.07, 6.45) is 7.25. The van der Waals surface area contributed by atoms with Gasteiger partial charge in [-0.25, -0.2) is 0 Å². The Morgan fingerprint density at radius 1 is 1.10 bits per heavy atom. The van der Waals surface area contributed by atoms with E-state index in [4.69, 9.17) is 4.74 Å². The van der Waals surface area contributed by atoms with Crippen molar-refractivity contribution in [3.05, 3.63) is 0 Å². The lowest BCUT2D eigenvalue weighted by molar-refractivity contribution is -0.150. The zero-order chi connectivity index (χ0) is 13.7. The minimum absolute atomic E-state index is 0.420. The van der Waals surface area contributed by atoms with Crippen molar-refractivity contribution in [3.8, 4) is 0 Å². The Bertz CT molecular complexity index is 400. The molecule has 0 saturated carbocycles. The van der Waals surface area contributed by atoms with E-state index < -0.39 is 0 Å². The Labute approximate surface area is 121 Å². The number of ether oxygens (including phenoxy) is 1. The molecule has 0 aliphatic carbocycles. The van der Waals surface area contributed by atoms with Crippen LogP contribution in [0.15, 0.2) is 0 Å². The summed E-state index contributed by atoms with van der Waals surface area (Å²) < 4.78 is 5.60. The Morgan fingerprint density at radius 3 is 2.80 bits per heavy atom. The highest BCUT2D eigenvalue weighted by Gasteiger charge is 2.49. The van der Waals surface area contributed by atoms with Crippen molar-refractivity contribution >= 4 is 5.91 Å². The minimum Gasteiger partial charge on any atom is -0.381 e. The molecule has 4 saturated heterocycles. The van der Waals surface area contributed by atoms with E-state index in [0.717, 1.165) is 25.3 Å². The number of nitrogens with zero attached hydrogens (tertiary/aromatic N) is 2. The molecule has 2 bridgehead atoms. The fourth-order valence-electron chi connectivity index (χ4n) is 5.27. The molecule has 0 N–H and O–H groups in total. The first kappa shape index (κ1) is 13.1. The quantitative estimate of drug-likeness (QED) is 0.728. The number of methoxy groups -OCH3 is 1. The summed E-state index contributed by atoms with van der Waals surface area (Å²) in [5, 5.41) is 0. The van der Waals surface area contributed by atoms with E-state index in [2.05, 4.69) is 9.80 Å². The Kier molecular flexibility index (Phi) is 3.26. The van der Waals surface area contributed by atoms with Gasteiger partial charge in [0, 0.05) is 45.2 Å². The second-order valence-electron chi connectivity index (χ2n) is 7.21. The SMILES string of the molecule is CO[C@@H]1CCN2C[C@H]3C[C@H](CN4C(=O)CCC[C@@H]34)[C@@H]2C1. The zero-order valence-electron chi connectivity index (χ0n) is 12.5. The smallest absolute Gasteiger partial charge is 0.222 e. The van der Waals surface area contributed by atoms with Crippen LogP contribution in [0.1, 0.15) is 38.5 Å². The van der Waals surface area contributed by atoms with Crippen molar-refractivity contribution in [2.75, 3.05) is 26.7 Å². The molecule has 20 heavy (non-hydrogen) atoms. The van der Waals surface area contributed by atoms with Crippen molar-refractivity contribution in [1.82, 2.24) is 9.80 Å². The minimum atomic E-state index is 0.420. The van der Waals surface area contributed by atoms with E-state index in [0.29, 0.717) is 30.0 Å². The molecule has 4 aliphatic rings. The van der Waals surface area contributed by atoms with Crippen LogP contribution in [-0.2, 0) is 9.53 Å². The Balaban J connectivity index is 1.55. The van der Waals surface area contributed by atoms with Gasteiger partial charge in [-0.05, 0) is 43.9 Å². The Hall–Kier alpha value is -0.610. The van der Waals surface area contributed by atoms with Gasteiger partial charge < -0.3 is 9.64 Å². The maximum Gasteiger partial charge on any atom is 0.222 e. The molecule has 0 aromatic heterocycles. The molecule has 112 valence electrons. The average Bonchev–Trinajstić information content (AvgIpc) is 2.48. The van der Waals surface area contributed by atoms with Crippen molar-refractivity contribution in [1.29, 1.82) is 0 Å². The van der Waals surface area contributed by atoms with Crippen molar-refractivity contribution in [2.45, 2.75) is 56.7 Å². The van der Waals surface area contributed by atoms with Gasteiger partial charge in [0.1, 0.15) is 0 Å². The second kappa shape index (κ2) is 4.99. The summed E-state index contributed by atoms with van der Waals surface area (Å²) in [6, 6.07) is 1.20. The molecule has 4 fully saturated rings. The van der Waals surface area contributed by atoms with Crippen LogP contribution in [0.4, 0.5) is 0 Å². The predicted octanol–water partition coefficient (Wildman–Crippen LogP) is 1.50. The third-order valence-corrected chi connectivity index (χ3v) is 6.25. The molecular formula is C16H26N2O2. The van der Waals surface area contributed by atoms with Gasteiger partial charge in [-0.3, -0.25) is 9.69 Å². The fraction of sp³-hybridized carbons (Fsp3) is 0.938. The Morgan fingerprint density at radius 2 is 1.95 bits per heavy atom. The van der Waals surface area contributed by atoms with Crippen molar-refractivity contribution in [2.24, 2.45) is 11.8 Å². The molecule has 4 nitrogen and oxygen atoms in total. The van der Waals surface area contributed by atoms with Gasteiger partial charge in [0.15, 0.2) is 0 Å². The predicted molar refractivity (Wildman–Crippen MR) is 76.3 cm³/mol. The third-order valence-electron chi connectivity index (χ3n) is 6.25. The molecule has 0 aromatic carbocycles. The highest BCUT2D eigenvalue weighted by Crippen LogP contribution is 2.43. The van der Waals surface area contributed by atoms with Gasteiger partial charge in [0.2, 0.25) is 5.91 Å². The van der Waals surface area contributed by atoms with Gasteiger partial charge >= 0.3 is 0 Å². The molecule has 4 rings (SSSR count). The average molecular weight is 278 g/mol. The molecule has 0 unspecified atom stereocenters. The number of carbonyl (C=O) groups excluding carboxylic acids is 1. The van der Waals surface area contributed by atoms with Gasteiger partial charge in [-0.15, -0.1) is 0 Å². The first-order valence-electron chi connectivity index (χ1n) is 8.32. The number of hydrogen-bond donors (Lipinski definition) is 0. The molecule has 4 aliphatic heterocycles. The van der Waals surface area contributed by atoms with Crippen LogP contribution >= 0.6 is 0 Å². The lowest BCUT2D eigenvalue weighted by atomic mass is 9.70. The van der Waals surface area contributed by atoms with Crippen LogP contribution in [0.3, 0.4) is 0 Å². The number of rotatable bonds is 1. The monoisotopic (exact) mass is 278 g/mol. The van der Waals surface area contributed by atoms with Crippen LogP contribution in [0.5, 0.6) is 0 Å². The standard InChI is InChI=1S/C16H26N2O2/c1-20-13-5-6-17-9-11-7-12(15(17)8-13)10-18-14(11)3-2-4-16(18)19/h11-15H,2-10H2,1H3/t11-,12-,13-,14+,15+/m1/s1. The van der Waals surface area contributed by atoms with E-state index in [1.165, 1.54) is 38.8 Å². The van der Waals surface area contributed by atoms with Gasteiger partial charge in [-0.1, -0.05) is 0 Å². The first-order chi connectivity index (χ1) is 9.76. The van der Waals surface area contributed by atoms with Gasteiger partial charge in [0.05, 0.1) is 6.10 Å². The summed E-state index contributed by atoms with van der Waals surface area (Å²) in [5.41, 5.74) is 0. The van der Waals surface area contributed by atoms with Gasteiger partial charge in [-0.2, -0.15) is 0 Å². The number of piperidine rings is 4. The van der Waals surface area contributed by atoms with E-state index in [1.807, 2.05) is 7.11 Å². The summed E-state index contributed by atoms with van der Waals surface area (Å²) in [5.74, 6) is 1.84. The molecule has 1 amide bonds. The third kappa shape index (κ3) is 2.00. The highest BCUT2D eigenvalue weighted by molar-refractivity contribution is 5.77. The van der Waals surface area contributed by atoms with E-state index in [-0.39, 0.29) is 0 Å². The number of amides is 1. The lowest BCUT2D eigenvalue weighted by Gasteiger charge is -2.57. The second-order valence-corrected chi connectivity index (χ2v) is 7.21. The molecule has 5 atom stereocenters. The maximum absolute atomic E-state index is 12.2. The number of carbonyl (C=O) groups is 1. The highest BCUT2D eigenvalue weighted by atomic mass is 16.5. The fourth-order valence-corrected chi connectivity index (χ4v) is 5.27. The number of hydrogen-bond acceptors (Lipinski definition) is 3. The van der Waals surface area contributed by atoms with E-state index in [9.17, 15) is 4.79 Å². The molecule has 0 spiro atoms. The zero-order valence-corrected chi connectivity index (χ0v) is 12.5. The molecule has 0 radical (unpaired) electrons. The molecule has 4 heteroatoms. The topological polar surface area (TPSA) is 32.8 Å². The van der Waals surface area contributed by atoms with E-state index >= 15 is 0 Å². The van der Waals surface area contributed by atoms with Crippen molar-refractivity contribution in [3.63, 3.8) is 0 Å². The van der Waals surface area contributed by atoms with Crippen LogP contribution in [0.25, 0.3) is 0 Å². The van der Waals surface area contributed by atoms with Crippen LogP contribution in [0, 0.1) is 11.8 Å². The van der Waals surface area contributed by atoms with Crippen molar-refractivity contribution < 1.29 is 9.53 Å². The normalized spacial score (nSPS) is 45.0. The molecular weight excluding hydrogens is 252 g/mol. The summed E-state index contributed by atoms with van der Waals surface area (Å²) in [4.78, 5) is 17.2. The van der Waals surface area contributed by atoms with E-state index in [1.54, 1.807) is 0 Å². The van der Waals surface area contributed by atoms with Crippen LogP contribution in [-0.4, -0.2) is 60.6 Å². The molecule has 0 aromatic rings. The maximum atomic E-state index is 12.2. The van der Waals surface area contributed by atoms with Crippen LogP contribution in [0.2, 0.25) is 0 Å². The first-order valence-corrected chi connectivity index (χ1v) is 8.32. The lowest BCUT2D eigenvalue weighted by Crippen LogP contribution is -2.65.